The van der Waals surface area contributed by atoms with Crippen LogP contribution < -0.4 is 0 Å². The van der Waals surface area contributed by atoms with Crippen molar-refractivity contribution >= 4 is 74.3 Å². The van der Waals surface area contributed by atoms with Crippen LogP contribution in [-0.4, -0.2) is 14.1 Å². The van der Waals surface area contributed by atoms with Gasteiger partial charge in [-0.2, -0.15) is 0 Å². The normalized spacial score (nSPS) is 12.0. The molecule has 0 spiro atoms. The summed E-state index contributed by atoms with van der Waals surface area (Å²) in [4.78, 5) is 5.08. The summed E-state index contributed by atoms with van der Waals surface area (Å²) in [5.74, 6) is 0.948. The van der Waals surface area contributed by atoms with Gasteiger partial charge < -0.3 is 4.57 Å². The molecule has 40 heavy (non-hydrogen) atoms. The summed E-state index contributed by atoms with van der Waals surface area (Å²) in [6, 6.07) is 45.4. The number of thiophene rings is 2. The van der Waals surface area contributed by atoms with Crippen LogP contribution in [0.3, 0.4) is 0 Å². The Morgan fingerprint density at radius 1 is 0.475 bits per heavy atom. The van der Waals surface area contributed by atoms with Crippen molar-refractivity contribution in [2.24, 2.45) is 0 Å². The first-order valence-electron chi connectivity index (χ1n) is 13.3. The van der Waals surface area contributed by atoms with Gasteiger partial charge >= 0.3 is 0 Å². The van der Waals surface area contributed by atoms with Crippen molar-refractivity contribution in [3.63, 3.8) is 0 Å². The van der Waals surface area contributed by atoms with E-state index in [-0.39, 0.29) is 0 Å². The third kappa shape index (κ3) is 3.07. The van der Waals surface area contributed by atoms with Gasteiger partial charge in [0.2, 0.25) is 0 Å². The van der Waals surface area contributed by atoms with Crippen LogP contribution in [0.5, 0.6) is 0 Å². The molecule has 4 heterocycles. The minimum atomic E-state index is 0.948. The van der Waals surface area contributed by atoms with Crippen molar-refractivity contribution in [2.75, 3.05) is 0 Å². The van der Waals surface area contributed by atoms with Crippen LogP contribution in [0.15, 0.2) is 127 Å². The lowest BCUT2D eigenvalue weighted by Crippen LogP contribution is -1.98. The Morgan fingerprint density at radius 3 is 1.70 bits per heavy atom. The molecular weight excluding hydrogens is 527 g/mol. The quantitative estimate of drug-likeness (QED) is 0.216. The molecule has 9 rings (SSSR count). The third-order valence-corrected chi connectivity index (χ3v) is 10.2. The number of rotatable bonds is 3. The summed E-state index contributed by atoms with van der Waals surface area (Å²) >= 11 is 3.80. The van der Waals surface area contributed by atoms with Crippen LogP contribution in [0.4, 0.5) is 0 Å². The lowest BCUT2D eigenvalue weighted by molar-refractivity contribution is 1.10. The second-order valence-electron chi connectivity index (χ2n) is 10.0. The van der Waals surface area contributed by atoms with E-state index in [2.05, 4.69) is 137 Å². The van der Waals surface area contributed by atoms with Gasteiger partial charge in [-0.3, -0.25) is 4.57 Å². The first-order chi connectivity index (χ1) is 19.8. The van der Waals surface area contributed by atoms with Crippen LogP contribution in [0.25, 0.3) is 74.4 Å². The summed E-state index contributed by atoms with van der Waals surface area (Å²) in [6.45, 7) is 0. The zero-order chi connectivity index (χ0) is 26.2. The zero-order valence-electron chi connectivity index (χ0n) is 21.3. The van der Waals surface area contributed by atoms with Gasteiger partial charge in [0.1, 0.15) is 5.82 Å². The van der Waals surface area contributed by atoms with Crippen molar-refractivity contribution in [1.82, 2.24) is 14.1 Å². The molecule has 0 saturated carbocycles. The predicted octanol–water partition coefficient (Wildman–Crippen LogP) is 10.2. The second kappa shape index (κ2) is 8.39. The Morgan fingerprint density at radius 2 is 1.02 bits per heavy atom. The summed E-state index contributed by atoms with van der Waals surface area (Å²) in [7, 11) is 0. The van der Waals surface area contributed by atoms with Gasteiger partial charge in [0.15, 0.2) is 0 Å². The minimum Gasteiger partial charge on any atom is -0.306 e. The molecular formula is C35H21N3S2. The molecule has 188 valence electrons. The highest BCUT2D eigenvalue weighted by molar-refractivity contribution is 7.33. The highest BCUT2D eigenvalue weighted by Crippen LogP contribution is 2.48. The number of hydrogen-bond donors (Lipinski definition) is 0. The Hall–Kier alpha value is -4.71. The fourth-order valence-electron chi connectivity index (χ4n) is 6.00. The first kappa shape index (κ1) is 22.1. The topological polar surface area (TPSA) is 22.8 Å². The number of imidazole rings is 1. The fourth-order valence-corrected chi connectivity index (χ4v) is 8.51. The average molecular weight is 548 g/mol. The average Bonchev–Trinajstić information content (AvgIpc) is 3.75. The first-order valence-corrected chi connectivity index (χ1v) is 15.0. The summed E-state index contributed by atoms with van der Waals surface area (Å²) in [5, 5.41) is 2.62. The molecule has 0 fully saturated rings. The molecule has 0 unspecified atom stereocenters. The van der Waals surface area contributed by atoms with E-state index in [1.807, 2.05) is 22.7 Å². The van der Waals surface area contributed by atoms with Gasteiger partial charge in [-0.05, 0) is 60.7 Å². The number of aromatic nitrogens is 3. The van der Waals surface area contributed by atoms with Crippen LogP contribution in [0, 0.1) is 0 Å². The van der Waals surface area contributed by atoms with Gasteiger partial charge in [0.05, 0.1) is 31.5 Å². The van der Waals surface area contributed by atoms with E-state index in [0.29, 0.717) is 0 Å². The van der Waals surface area contributed by atoms with Gasteiger partial charge in [-0.25, -0.2) is 4.98 Å². The minimum absolute atomic E-state index is 0.948. The van der Waals surface area contributed by atoms with E-state index in [1.165, 1.54) is 46.3 Å². The van der Waals surface area contributed by atoms with E-state index in [9.17, 15) is 0 Å². The molecule has 0 saturated heterocycles. The number of fused-ring (bicyclic) bond motifs is 8. The third-order valence-electron chi connectivity index (χ3n) is 7.75. The van der Waals surface area contributed by atoms with Crippen LogP contribution in [0.1, 0.15) is 0 Å². The van der Waals surface area contributed by atoms with E-state index in [0.717, 1.165) is 28.1 Å². The maximum atomic E-state index is 5.08. The lowest BCUT2D eigenvalue weighted by Gasteiger charge is -2.11. The van der Waals surface area contributed by atoms with Gasteiger partial charge in [0.25, 0.3) is 0 Å². The van der Waals surface area contributed by atoms with Crippen molar-refractivity contribution in [1.29, 1.82) is 0 Å². The van der Waals surface area contributed by atoms with Crippen molar-refractivity contribution in [3.05, 3.63) is 127 Å². The maximum Gasteiger partial charge on any atom is 0.145 e. The Labute approximate surface area is 237 Å². The van der Waals surface area contributed by atoms with Gasteiger partial charge in [-0.15, -0.1) is 22.7 Å². The number of para-hydroxylation sites is 3. The highest BCUT2D eigenvalue weighted by atomic mass is 32.1. The lowest BCUT2D eigenvalue weighted by atomic mass is 10.1. The molecule has 0 atom stereocenters. The fraction of sp³-hybridized carbons (Fsp3) is 0. The number of benzene rings is 5. The summed E-state index contributed by atoms with van der Waals surface area (Å²) < 4.78 is 10.1. The van der Waals surface area contributed by atoms with Crippen molar-refractivity contribution in [2.45, 2.75) is 0 Å². The molecule has 4 aromatic heterocycles. The molecule has 0 radical (unpaired) electrons. The van der Waals surface area contributed by atoms with E-state index in [4.69, 9.17) is 4.98 Å². The van der Waals surface area contributed by atoms with E-state index >= 15 is 0 Å². The zero-order valence-corrected chi connectivity index (χ0v) is 22.9. The molecule has 0 aliphatic heterocycles. The summed E-state index contributed by atoms with van der Waals surface area (Å²) in [6.07, 6.45) is 0. The van der Waals surface area contributed by atoms with Crippen LogP contribution in [0.2, 0.25) is 0 Å². The Bertz CT molecular complexity index is 2280. The molecule has 0 amide bonds. The van der Waals surface area contributed by atoms with E-state index < -0.39 is 0 Å². The molecule has 0 aliphatic rings. The molecule has 3 nitrogen and oxygen atoms in total. The monoisotopic (exact) mass is 547 g/mol. The van der Waals surface area contributed by atoms with Crippen LogP contribution >= 0.6 is 22.7 Å². The summed E-state index contributed by atoms with van der Waals surface area (Å²) in [5.41, 5.74) is 8.07. The molecule has 9 aromatic rings. The SMILES string of the molecule is c1ccc(-n2c(-c3ccc(-n4c5c6ccccc6sc5c5sc6ccccc6c54)cc3)nc3ccccc32)cc1. The smallest absolute Gasteiger partial charge is 0.145 e. The van der Waals surface area contributed by atoms with Crippen molar-refractivity contribution < 1.29 is 0 Å². The largest absolute Gasteiger partial charge is 0.306 e. The number of nitrogens with zero attached hydrogens (tertiary/aromatic N) is 3. The van der Waals surface area contributed by atoms with Gasteiger partial charge in [0, 0.05) is 37.1 Å². The molecule has 0 bridgehead atoms. The molecule has 0 aliphatic carbocycles. The maximum absolute atomic E-state index is 5.08. The van der Waals surface area contributed by atoms with Crippen molar-refractivity contribution in [3.8, 4) is 22.8 Å². The standard InChI is InChI=1S/C35H21N3S2/c1-2-10-23(11-3-1)37-28-15-7-6-14-27(28)36-35(37)22-18-20-24(21-19-22)38-31-25-12-4-8-16-29(25)39-33(31)34-32(38)26-13-5-9-17-30(26)40-34/h1-21H. The molecule has 5 heteroatoms. The number of hydrogen-bond acceptors (Lipinski definition) is 3. The second-order valence-corrected chi connectivity index (χ2v) is 12.1. The molecule has 5 aromatic carbocycles. The Balaban J connectivity index is 1.30. The van der Waals surface area contributed by atoms with Gasteiger partial charge in [-0.1, -0.05) is 66.7 Å². The molecule has 0 N–H and O–H groups in total. The van der Waals surface area contributed by atoms with E-state index in [1.54, 1.807) is 0 Å². The Kier molecular flexibility index (Phi) is 4.65. The highest BCUT2D eigenvalue weighted by Gasteiger charge is 2.22. The predicted molar refractivity (Wildman–Crippen MR) is 172 cm³/mol. The van der Waals surface area contributed by atoms with Crippen LogP contribution in [-0.2, 0) is 0 Å².